The number of aryl methyl sites for hydroxylation is 3. The number of aromatic amines is 1. The van der Waals surface area contributed by atoms with E-state index in [2.05, 4.69) is 37.9 Å². The van der Waals surface area contributed by atoms with Crippen LogP contribution in [0.15, 0.2) is 35.6 Å². The number of aromatic nitrogens is 4. The van der Waals surface area contributed by atoms with Crippen LogP contribution in [0.5, 0.6) is 0 Å². The molecule has 1 aromatic carbocycles. The first-order chi connectivity index (χ1) is 11.5. The van der Waals surface area contributed by atoms with Crippen molar-refractivity contribution in [3.8, 4) is 0 Å². The third kappa shape index (κ3) is 3.03. The number of benzene rings is 1. The maximum atomic E-state index is 12.1. The Bertz CT molecular complexity index is 991. The minimum absolute atomic E-state index is 0.182. The van der Waals surface area contributed by atoms with Crippen LogP contribution in [0.1, 0.15) is 22.5 Å². The number of anilines is 2. The van der Waals surface area contributed by atoms with E-state index >= 15 is 0 Å². The molecule has 0 bridgehead atoms. The minimum atomic E-state index is -0.182. The maximum Gasteiger partial charge on any atom is 0.256 e. The minimum Gasteiger partial charge on any atom is -0.294 e. The van der Waals surface area contributed by atoms with E-state index in [1.54, 1.807) is 13.0 Å². The molecule has 6 heteroatoms. The van der Waals surface area contributed by atoms with Gasteiger partial charge in [-0.1, -0.05) is 17.7 Å². The van der Waals surface area contributed by atoms with Crippen LogP contribution in [-0.2, 0) is 6.42 Å². The lowest BCUT2D eigenvalue weighted by atomic mass is 10.1. The molecular formula is C18H19N5O. The van der Waals surface area contributed by atoms with Crippen LogP contribution in [0.2, 0.25) is 0 Å². The van der Waals surface area contributed by atoms with Crippen LogP contribution in [0.4, 0.5) is 11.9 Å². The second kappa shape index (κ2) is 6.23. The maximum absolute atomic E-state index is 12.1. The van der Waals surface area contributed by atoms with Crippen LogP contribution in [-0.4, -0.2) is 19.9 Å². The summed E-state index contributed by atoms with van der Waals surface area (Å²) < 4.78 is 0. The summed E-state index contributed by atoms with van der Waals surface area (Å²) in [6.07, 6.45) is 2.17. The predicted octanol–water partition coefficient (Wildman–Crippen LogP) is 3.11. The van der Waals surface area contributed by atoms with Crippen molar-refractivity contribution in [3.63, 3.8) is 0 Å². The highest BCUT2D eigenvalue weighted by Gasteiger charge is 2.09. The van der Waals surface area contributed by atoms with Crippen molar-refractivity contribution in [2.75, 3.05) is 5.32 Å². The molecule has 0 aliphatic heterocycles. The highest BCUT2D eigenvalue weighted by atomic mass is 16.1. The van der Waals surface area contributed by atoms with Crippen molar-refractivity contribution in [3.05, 3.63) is 63.7 Å². The van der Waals surface area contributed by atoms with E-state index in [1.807, 2.05) is 26.0 Å². The lowest BCUT2D eigenvalue weighted by Gasteiger charge is -2.09. The molecule has 122 valence electrons. The van der Waals surface area contributed by atoms with Crippen molar-refractivity contribution < 1.29 is 0 Å². The van der Waals surface area contributed by atoms with E-state index in [1.165, 1.54) is 0 Å². The van der Waals surface area contributed by atoms with Gasteiger partial charge in [-0.05, 0) is 39.3 Å². The molecule has 0 amide bonds. The van der Waals surface area contributed by atoms with Gasteiger partial charge in [0.05, 0.1) is 16.9 Å². The average molecular weight is 321 g/mol. The van der Waals surface area contributed by atoms with Crippen molar-refractivity contribution in [2.24, 2.45) is 0 Å². The largest absolute Gasteiger partial charge is 0.294 e. The average Bonchev–Trinajstić information content (AvgIpc) is 2.52. The van der Waals surface area contributed by atoms with Crippen LogP contribution < -0.4 is 10.9 Å². The molecule has 0 spiro atoms. The fourth-order valence-corrected chi connectivity index (χ4v) is 2.61. The van der Waals surface area contributed by atoms with Gasteiger partial charge >= 0.3 is 0 Å². The van der Waals surface area contributed by atoms with Gasteiger partial charge in [-0.3, -0.25) is 15.1 Å². The van der Waals surface area contributed by atoms with E-state index in [4.69, 9.17) is 0 Å². The number of hydrogen-bond acceptors (Lipinski definition) is 5. The van der Waals surface area contributed by atoms with Crippen LogP contribution >= 0.6 is 0 Å². The summed E-state index contributed by atoms with van der Waals surface area (Å²) in [5.74, 6) is 0.735. The summed E-state index contributed by atoms with van der Waals surface area (Å²) in [4.78, 5) is 28.2. The number of H-pyrrole nitrogens is 1. The van der Waals surface area contributed by atoms with E-state index in [0.29, 0.717) is 29.6 Å². The molecule has 24 heavy (non-hydrogen) atoms. The monoisotopic (exact) mass is 321 g/mol. The Morgan fingerprint density at radius 3 is 2.67 bits per heavy atom. The Hall–Kier alpha value is -3.02. The lowest BCUT2D eigenvalue weighted by molar-refractivity contribution is 0.990. The van der Waals surface area contributed by atoms with Crippen LogP contribution in [0, 0.1) is 20.8 Å². The lowest BCUT2D eigenvalue weighted by Crippen LogP contribution is -2.18. The fraction of sp³-hybridized carbons (Fsp3) is 0.222. The molecule has 6 nitrogen and oxygen atoms in total. The Kier molecular flexibility index (Phi) is 4.12. The third-order valence-electron chi connectivity index (χ3n) is 3.84. The number of hydrogen-bond donors (Lipinski definition) is 2. The van der Waals surface area contributed by atoms with Gasteiger partial charge in [-0.2, -0.15) is 0 Å². The topological polar surface area (TPSA) is 83.6 Å². The van der Waals surface area contributed by atoms with Gasteiger partial charge in [0.1, 0.15) is 0 Å². The fourth-order valence-electron chi connectivity index (χ4n) is 2.61. The molecule has 0 saturated carbocycles. The van der Waals surface area contributed by atoms with Gasteiger partial charge in [-0.15, -0.1) is 6.58 Å². The molecule has 2 aromatic heterocycles. The number of fused-ring (bicyclic) bond motifs is 1. The SMILES string of the molecule is C=CCc1c(C)nc(Nc2nc(C)c3cc(C)ccc3n2)[nH]c1=O. The van der Waals surface area contributed by atoms with Gasteiger partial charge in [0.15, 0.2) is 0 Å². The number of nitrogens with zero attached hydrogens (tertiary/aromatic N) is 3. The Labute approximate surface area is 139 Å². The molecule has 0 atom stereocenters. The summed E-state index contributed by atoms with van der Waals surface area (Å²) in [6.45, 7) is 9.43. The Morgan fingerprint density at radius 1 is 1.17 bits per heavy atom. The molecular weight excluding hydrogens is 302 g/mol. The summed E-state index contributed by atoms with van der Waals surface area (Å²) in [5.41, 5.74) is 3.97. The van der Waals surface area contributed by atoms with Crippen molar-refractivity contribution in [2.45, 2.75) is 27.2 Å². The zero-order valence-corrected chi connectivity index (χ0v) is 14.0. The van der Waals surface area contributed by atoms with Gasteiger partial charge in [0.25, 0.3) is 5.56 Å². The van der Waals surface area contributed by atoms with E-state index in [-0.39, 0.29) is 5.56 Å². The molecule has 0 unspecified atom stereocenters. The molecule has 0 saturated heterocycles. The highest BCUT2D eigenvalue weighted by molar-refractivity contribution is 5.82. The molecule has 0 radical (unpaired) electrons. The second-order valence-electron chi connectivity index (χ2n) is 5.75. The predicted molar refractivity (Wildman–Crippen MR) is 95.8 cm³/mol. The second-order valence-corrected chi connectivity index (χ2v) is 5.75. The standard InChI is InChI=1S/C18H19N5O/c1-5-6-13-11(3)19-18(22-16(13)24)23-17-20-12(4)14-9-10(2)7-8-15(14)21-17/h5,7-9H,1,6H2,2-4H3,(H2,19,20,21,22,23,24). The van der Waals surface area contributed by atoms with E-state index in [9.17, 15) is 4.79 Å². The zero-order chi connectivity index (χ0) is 17.3. The zero-order valence-electron chi connectivity index (χ0n) is 14.0. The molecule has 2 N–H and O–H groups in total. The summed E-state index contributed by atoms with van der Waals surface area (Å²) >= 11 is 0. The first-order valence-electron chi connectivity index (χ1n) is 7.70. The quantitative estimate of drug-likeness (QED) is 0.721. The molecule has 3 aromatic rings. The van der Waals surface area contributed by atoms with Gasteiger partial charge in [-0.25, -0.2) is 15.0 Å². The number of rotatable bonds is 4. The van der Waals surface area contributed by atoms with Gasteiger partial charge < -0.3 is 0 Å². The molecule has 0 aliphatic carbocycles. The molecule has 3 rings (SSSR count). The summed E-state index contributed by atoms with van der Waals surface area (Å²) in [7, 11) is 0. The van der Waals surface area contributed by atoms with Crippen molar-refractivity contribution in [1.29, 1.82) is 0 Å². The normalized spacial score (nSPS) is 10.8. The third-order valence-corrected chi connectivity index (χ3v) is 3.84. The van der Waals surface area contributed by atoms with Gasteiger partial charge in [0.2, 0.25) is 11.9 Å². The molecule has 0 fully saturated rings. The first-order valence-corrected chi connectivity index (χ1v) is 7.70. The Balaban J connectivity index is 1.99. The van der Waals surface area contributed by atoms with Crippen molar-refractivity contribution in [1.82, 2.24) is 19.9 Å². The van der Waals surface area contributed by atoms with E-state index < -0.39 is 0 Å². The number of allylic oxidation sites excluding steroid dienone is 1. The van der Waals surface area contributed by atoms with E-state index in [0.717, 1.165) is 22.2 Å². The van der Waals surface area contributed by atoms with Crippen molar-refractivity contribution >= 4 is 22.8 Å². The van der Waals surface area contributed by atoms with Crippen LogP contribution in [0.25, 0.3) is 10.9 Å². The Morgan fingerprint density at radius 2 is 1.96 bits per heavy atom. The first kappa shape index (κ1) is 15.9. The number of nitrogens with one attached hydrogen (secondary N) is 2. The summed E-state index contributed by atoms with van der Waals surface area (Å²) in [5, 5.41) is 4.00. The summed E-state index contributed by atoms with van der Waals surface area (Å²) in [6, 6.07) is 6.02. The highest BCUT2D eigenvalue weighted by Crippen LogP contribution is 2.19. The molecule has 0 aliphatic rings. The van der Waals surface area contributed by atoms with Crippen LogP contribution in [0.3, 0.4) is 0 Å². The van der Waals surface area contributed by atoms with Gasteiger partial charge in [0, 0.05) is 10.9 Å². The molecule has 2 heterocycles. The smallest absolute Gasteiger partial charge is 0.256 e.